The van der Waals surface area contributed by atoms with E-state index in [2.05, 4.69) is 32.5 Å². The van der Waals surface area contributed by atoms with E-state index in [0.29, 0.717) is 23.9 Å². The van der Waals surface area contributed by atoms with Gasteiger partial charge in [0.15, 0.2) is 5.82 Å². The van der Waals surface area contributed by atoms with E-state index in [0.717, 1.165) is 30.6 Å². The highest BCUT2D eigenvalue weighted by Gasteiger charge is 2.13. The fourth-order valence-electron chi connectivity index (χ4n) is 2.53. The van der Waals surface area contributed by atoms with E-state index in [1.165, 1.54) is 0 Å². The van der Waals surface area contributed by atoms with Crippen molar-refractivity contribution < 1.29 is 4.79 Å². The standard InChI is InChI=1S/C21H23N5O/c1-2-3-12-23-19-14-18(21(27)24-15-17-11-7-8-13-22-17)25-20(26-19)16-9-5-4-6-10-16/h4-11,13-14H,2-3,12,15H2,1H3,(H,24,27)(H,23,25,26). The van der Waals surface area contributed by atoms with Gasteiger partial charge < -0.3 is 10.6 Å². The molecule has 0 spiro atoms. The van der Waals surface area contributed by atoms with E-state index in [-0.39, 0.29) is 5.91 Å². The van der Waals surface area contributed by atoms with Crippen molar-refractivity contribution >= 4 is 11.7 Å². The van der Waals surface area contributed by atoms with Crippen molar-refractivity contribution in [1.29, 1.82) is 0 Å². The summed E-state index contributed by atoms with van der Waals surface area (Å²) in [6, 6.07) is 16.9. The highest BCUT2D eigenvalue weighted by molar-refractivity contribution is 5.93. The number of anilines is 1. The number of pyridine rings is 1. The van der Waals surface area contributed by atoms with Gasteiger partial charge >= 0.3 is 0 Å². The van der Waals surface area contributed by atoms with Gasteiger partial charge in [-0.05, 0) is 18.6 Å². The van der Waals surface area contributed by atoms with Gasteiger partial charge in [0, 0.05) is 24.4 Å². The number of aromatic nitrogens is 3. The summed E-state index contributed by atoms with van der Waals surface area (Å²) in [5, 5.41) is 6.15. The van der Waals surface area contributed by atoms with Gasteiger partial charge in [0.1, 0.15) is 11.5 Å². The Hall–Kier alpha value is -3.28. The second-order valence-electron chi connectivity index (χ2n) is 6.11. The topological polar surface area (TPSA) is 79.8 Å². The molecule has 0 saturated carbocycles. The Morgan fingerprint density at radius 2 is 1.85 bits per heavy atom. The number of benzene rings is 1. The normalized spacial score (nSPS) is 10.4. The van der Waals surface area contributed by atoms with Crippen LogP contribution in [0.5, 0.6) is 0 Å². The van der Waals surface area contributed by atoms with Crippen LogP contribution in [0.15, 0.2) is 60.8 Å². The number of hydrogen-bond acceptors (Lipinski definition) is 5. The smallest absolute Gasteiger partial charge is 0.270 e. The molecule has 1 aromatic carbocycles. The molecular formula is C21H23N5O. The molecule has 2 heterocycles. The van der Waals surface area contributed by atoms with Gasteiger partial charge in [0.25, 0.3) is 5.91 Å². The molecule has 27 heavy (non-hydrogen) atoms. The van der Waals surface area contributed by atoms with E-state index in [4.69, 9.17) is 0 Å². The predicted molar refractivity (Wildman–Crippen MR) is 106 cm³/mol. The van der Waals surface area contributed by atoms with E-state index >= 15 is 0 Å². The zero-order valence-electron chi connectivity index (χ0n) is 15.4. The summed E-state index contributed by atoms with van der Waals surface area (Å²) in [5.41, 5.74) is 2.00. The van der Waals surface area contributed by atoms with Crippen molar-refractivity contribution in [2.24, 2.45) is 0 Å². The minimum atomic E-state index is -0.251. The molecule has 0 aliphatic carbocycles. The molecule has 3 rings (SSSR count). The molecule has 0 saturated heterocycles. The van der Waals surface area contributed by atoms with Gasteiger partial charge in [-0.3, -0.25) is 9.78 Å². The van der Waals surface area contributed by atoms with Crippen molar-refractivity contribution in [1.82, 2.24) is 20.3 Å². The summed E-state index contributed by atoms with van der Waals surface area (Å²) >= 11 is 0. The van der Waals surface area contributed by atoms with Crippen LogP contribution in [0.3, 0.4) is 0 Å². The highest BCUT2D eigenvalue weighted by Crippen LogP contribution is 2.18. The van der Waals surface area contributed by atoms with Crippen molar-refractivity contribution in [3.8, 4) is 11.4 Å². The first-order chi connectivity index (χ1) is 13.3. The molecule has 0 radical (unpaired) electrons. The lowest BCUT2D eigenvalue weighted by atomic mass is 10.2. The Morgan fingerprint density at radius 1 is 1.04 bits per heavy atom. The average molecular weight is 361 g/mol. The molecule has 0 unspecified atom stereocenters. The van der Waals surface area contributed by atoms with Crippen molar-refractivity contribution in [3.05, 3.63) is 72.2 Å². The van der Waals surface area contributed by atoms with Crippen LogP contribution in [0, 0.1) is 0 Å². The number of carbonyl (C=O) groups excluding carboxylic acids is 1. The summed E-state index contributed by atoms with van der Waals surface area (Å²) < 4.78 is 0. The van der Waals surface area contributed by atoms with Crippen LogP contribution in [0.4, 0.5) is 5.82 Å². The number of nitrogens with zero attached hydrogens (tertiary/aromatic N) is 3. The average Bonchev–Trinajstić information content (AvgIpc) is 2.73. The molecule has 3 aromatic rings. The summed E-state index contributed by atoms with van der Waals surface area (Å²) in [6.07, 6.45) is 3.82. The highest BCUT2D eigenvalue weighted by atomic mass is 16.1. The van der Waals surface area contributed by atoms with Gasteiger partial charge in [-0.1, -0.05) is 49.7 Å². The molecule has 0 aliphatic heterocycles. The van der Waals surface area contributed by atoms with Crippen molar-refractivity contribution in [2.45, 2.75) is 26.3 Å². The first-order valence-corrected chi connectivity index (χ1v) is 9.12. The number of unbranched alkanes of at least 4 members (excludes halogenated alkanes) is 1. The lowest BCUT2D eigenvalue weighted by Gasteiger charge is -2.10. The third-order valence-electron chi connectivity index (χ3n) is 3.98. The van der Waals surface area contributed by atoms with E-state index in [1.807, 2.05) is 48.5 Å². The molecule has 0 fully saturated rings. The van der Waals surface area contributed by atoms with Gasteiger partial charge in [-0.25, -0.2) is 9.97 Å². The SMILES string of the molecule is CCCCNc1cc(C(=O)NCc2ccccn2)nc(-c2ccccc2)n1. The number of amides is 1. The maximum absolute atomic E-state index is 12.6. The van der Waals surface area contributed by atoms with Crippen LogP contribution in [0.25, 0.3) is 11.4 Å². The van der Waals surface area contributed by atoms with Crippen LogP contribution in [0.2, 0.25) is 0 Å². The molecular weight excluding hydrogens is 338 g/mol. The van der Waals surface area contributed by atoms with Crippen LogP contribution in [0.1, 0.15) is 35.9 Å². The van der Waals surface area contributed by atoms with E-state index in [9.17, 15) is 4.79 Å². The van der Waals surface area contributed by atoms with Gasteiger partial charge in [-0.15, -0.1) is 0 Å². The Labute approximate surface area is 159 Å². The summed E-state index contributed by atoms with van der Waals surface area (Å²) in [6.45, 7) is 3.28. The van der Waals surface area contributed by atoms with E-state index < -0.39 is 0 Å². The summed E-state index contributed by atoms with van der Waals surface area (Å²) in [5.74, 6) is 0.930. The van der Waals surface area contributed by atoms with Gasteiger partial charge in [0.05, 0.1) is 12.2 Å². The second-order valence-corrected chi connectivity index (χ2v) is 6.11. The zero-order chi connectivity index (χ0) is 18.9. The monoisotopic (exact) mass is 361 g/mol. The number of hydrogen-bond donors (Lipinski definition) is 2. The molecule has 1 amide bonds. The molecule has 2 aromatic heterocycles. The first kappa shape index (κ1) is 18.5. The maximum Gasteiger partial charge on any atom is 0.270 e. The molecule has 6 nitrogen and oxygen atoms in total. The van der Waals surface area contributed by atoms with E-state index in [1.54, 1.807) is 12.3 Å². The lowest BCUT2D eigenvalue weighted by Crippen LogP contribution is -2.25. The predicted octanol–water partition coefficient (Wildman–Crippen LogP) is 3.68. The molecule has 0 bridgehead atoms. The van der Waals surface area contributed by atoms with Crippen LogP contribution < -0.4 is 10.6 Å². The largest absolute Gasteiger partial charge is 0.370 e. The minimum Gasteiger partial charge on any atom is -0.370 e. The lowest BCUT2D eigenvalue weighted by molar-refractivity contribution is 0.0945. The molecule has 6 heteroatoms. The zero-order valence-corrected chi connectivity index (χ0v) is 15.4. The first-order valence-electron chi connectivity index (χ1n) is 9.12. The van der Waals surface area contributed by atoms with Crippen LogP contribution in [-0.2, 0) is 6.54 Å². The van der Waals surface area contributed by atoms with Crippen molar-refractivity contribution in [2.75, 3.05) is 11.9 Å². The van der Waals surface area contributed by atoms with Crippen molar-refractivity contribution in [3.63, 3.8) is 0 Å². The molecule has 2 N–H and O–H groups in total. The fraction of sp³-hybridized carbons (Fsp3) is 0.238. The number of rotatable bonds is 8. The third kappa shape index (κ3) is 5.34. The summed E-state index contributed by atoms with van der Waals surface area (Å²) in [4.78, 5) is 25.9. The maximum atomic E-state index is 12.6. The van der Waals surface area contributed by atoms with Crippen LogP contribution in [-0.4, -0.2) is 27.4 Å². The Balaban J connectivity index is 1.81. The Kier molecular flexibility index (Phi) is 6.46. The number of carbonyl (C=O) groups is 1. The quantitative estimate of drug-likeness (QED) is 0.598. The molecule has 138 valence electrons. The fourth-order valence-corrected chi connectivity index (χ4v) is 2.53. The van der Waals surface area contributed by atoms with Gasteiger partial charge in [-0.2, -0.15) is 0 Å². The van der Waals surface area contributed by atoms with Crippen LogP contribution >= 0.6 is 0 Å². The molecule has 0 aliphatic rings. The minimum absolute atomic E-state index is 0.251. The summed E-state index contributed by atoms with van der Waals surface area (Å²) in [7, 11) is 0. The Bertz CT molecular complexity index is 868. The second kappa shape index (κ2) is 9.43. The number of nitrogens with one attached hydrogen (secondary N) is 2. The Morgan fingerprint density at radius 3 is 2.59 bits per heavy atom. The van der Waals surface area contributed by atoms with Gasteiger partial charge in [0.2, 0.25) is 0 Å². The third-order valence-corrected chi connectivity index (χ3v) is 3.98. The molecule has 0 atom stereocenters.